The van der Waals surface area contributed by atoms with Crippen LogP contribution in [0.4, 0.5) is 22.1 Å². The first kappa shape index (κ1) is 22.7. The van der Waals surface area contributed by atoms with Gasteiger partial charge in [0.25, 0.3) is 0 Å². The second-order valence-electron chi connectivity index (χ2n) is 8.71. The molecule has 0 unspecified atom stereocenters. The Kier molecular flexibility index (Phi) is 6.48. The lowest BCUT2D eigenvalue weighted by Gasteiger charge is -2.41. The maximum Gasteiger partial charge on any atom is 0.410 e. The standard InChI is InChI=1S/C21H26Cl2N6O3/c1-21(2,3)32-20(30)28-8-6-13(7-9-28)29-10-11-31-16-18(24-12-25-19(16)29)26-14-4-5-15(22)27-17(14)23/h4-5,12-13H,6-11H2,1-3H3,(H,24,25,26). The summed E-state index contributed by atoms with van der Waals surface area (Å²) in [7, 11) is 0. The van der Waals surface area contributed by atoms with Gasteiger partial charge in [-0.15, -0.1) is 0 Å². The molecule has 1 N–H and O–H groups in total. The van der Waals surface area contributed by atoms with Gasteiger partial charge in [0.05, 0.1) is 12.2 Å². The van der Waals surface area contributed by atoms with Crippen molar-refractivity contribution < 1.29 is 14.3 Å². The van der Waals surface area contributed by atoms with Crippen LogP contribution in [-0.4, -0.2) is 63.8 Å². The average molecular weight is 481 g/mol. The Morgan fingerprint density at radius 2 is 1.94 bits per heavy atom. The van der Waals surface area contributed by atoms with Crippen molar-refractivity contribution >= 4 is 46.6 Å². The Labute approximate surface area is 197 Å². The van der Waals surface area contributed by atoms with Crippen LogP contribution in [0, 0.1) is 0 Å². The summed E-state index contributed by atoms with van der Waals surface area (Å²) >= 11 is 12.1. The number of anilines is 3. The third kappa shape index (κ3) is 5.10. The molecular formula is C21H26Cl2N6O3. The number of amides is 1. The van der Waals surface area contributed by atoms with Crippen molar-refractivity contribution in [2.45, 2.75) is 45.3 Å². The number of nitrogens with one attached hydrogen (secondary N) is 1. The SMILES string of the molecule is CC(C)(C)OC(=O)N1CCC(N2CCOc3c(Nc4ccc(Cl)nc4Cl)ncnc32)CC1. The molecule has 4 rings (SSSR count). The quantitative estimate of drug-likeness (QED) is 0.640. The van der Waals surface area contributed by atoms with E-state index < -0.39 is 5.60 Å². The normalized spacial score (nSPS) is 16.9. The van der Waals surface area contributed by atoms with Gasteiger partial charge in [-0.05, 0) is 45.7 Å². The lowest BCUT2D eigenvalue weighted by Crippen LogP contribution is -2.50. The molecule has 9 nitrogen and oxygen atoms in total. The molecule has 4 heterocycles. The smallest absolute Gasteiger partial charge is 0.410 e. The molecule has 1 saturated heterocycles. The lowest BCUT2D eigenvalue weighted by molar-refractivity contribution is 0.0203. The van der Waals surface area contributed by atoms with E-state index in [1.165, 1.54) is 6.33 Å². The molecule has 2 aliphatic rings. The predicted molar refractivity (Wildman–Crippen MR) is 123 cm³/mol. The number of ether oxygens (including phenoxy) is 2. The number of nitrogens with zero attached hydrogens (tertiary/aromatic N) is 5. The summed E-state index contributed by atoms with van der Waals surface area (Å²) < 4.78 is 11.4. The van der Waals surface area contributed by atoms with Crippen LogP contribution in [0.5, 0.6) is 5.75 Å². The fourth-order valence-corrected chi connectivity index (χ4v) is 4.21. The molecule has 0 bridgehead atoms. The van der Waals surface area contributed by atoms with Crippen LogP contribution in [0.15, 0.2) is 18.5 Å². The maximum absolute atomic E-state index is 12.4. The molecule has 2 aliphatic heterocycles. The van der Waals surface area contributed by atoms with Gasteiger partial charge in [-0.2, -0.15) is 0 Å². The summed E-state index contributed by atoms with van der Waals surface area (Å²) in [5.74, 6) is 1.80. The van der Waals surface area contributed by atoms with Crippen LogP contribution >= 0.6 is 23.2 Å². The fraction of sp³-hybridized carbons (Fsp3) is 0.524. The molecule has 0 aliphatic carbocycles. The van der Waals surface area contributed by atoms with Crippen molar-refractivity contribution in [2.75, 3.05) is 36.5 Å². The van der Waals surface area contributed by atoms with E-state index in [-0.39, 0.29) is 17.3 Å². The number of aromatic nitrogens is 3. The van der Waals surface area contributed by atoms with E-state index in [0.29, 0.717) is 48.6 Å². The monoisotopic (exact) mass is 480 g/mol. The largest absolute Gasteiger partial charge is 0.485 e. The Balaban J connectivity index is 1.48. The van der Waals surface area contributed by atoms with Gasteiger partial charge in [-0.3, -0.25) is 0 Å². The van der Waals surface area contributed by atoms with Gasteiger partial charge in [0.15, 0.2) is 16.8 Å². The number of piperidine rings is 1. The zero-order chi connectivity index (χ0) is 22.9. The molecule has 11 heteroatoms. The van der Waals surface area contributed by atoms with Gasteiger partial charge in [0.1, 0.15) is 23.7 Å². The van der Waals surface area contributed by atoms with Crippen molar-refractivity contribution in [3.8, 4) is 5.75 Å². The van der Waals surface area contributed by atoms with Crippen molar-refractivity contribution in [3.05, 3.63) is 28.8 Å². The number of rotatable bonds is 3. The third-order valence-corrected chi connectivity index (χ3v) is 5.76. The molecule has 0 radical (unpaired) electrons. The molecule has 32 heavy (non-hydrogen) atoms. The maximum atomic E-state index is 12.4. The minimum Gasteiger partial charge on any atom is -0.485 e. The van der Waals surface area contributed by atoms with Gasteiger partial charge >= 0.3 is 6.09 Å². The minimum absolute atomic E-state index is 0.236. The molecule has 0 saturated carbocycles. The van der Waals surface area contributed by atoms with Crippen molar-refractivity contribution in [1.29, 1.82) is 0 Å². The summed E-state index contributed by atoms with van der Waals surface area (Å²) in [6.07, 6.45) is 2.87. The third-order valence-electron chi connectivity index (χ3n) is 5.26. The Bertz CT molecular complexity index is 992. The van der Waals surface area contributed by atoms with E-state index in [1.807, 2.05) is 20.8 Å². The highest BCUT2D eigenvalue weighted by Gasteiger charge is 2.33. The van der Waals surface area contributed by atoms with Gasteiger partial charge in [-0.25, -0.2) is 19.7 Å². The molecule has 2 aromatic heterocycles. The van der Waals surface area contributed by atoms with Crippen molar-refractivity contribution in [1.82, 2.24) is 19.9 Å². The summed E-state index contributed by atoms with van der Waals surface area (Å²) in [6, 6.07) is 3.62. The summed E-state index contributed by atoms with van der Waals surface area (Å²) in [5, 5.41) is 3.72. The minimum atomic E-state index is -0.500. The number of halogens is 2. The second kappa shape index (κ2) is 9.15. The number of carbonyl (C=O) groups is 1. The number of hydrogen-bond acceptors (Lipinski definition) is 8. The molecule has 172 valence electrons. The van der Waals surface area contributed by atoms with Crippen molar-refractivity contribution in [2.24, 2.45) is 0 Å². The van der Waals surface area contributed by atoms with Crippen LogP contribution in [0.3, 0.4) is 0 Å². The topological polar surface area (TPSA) is 92.7 Å². The zero-order valence-corrected chi connectivity index (χ0v) is 19.8. The number of hydrogen-bond donors (Lipinski definition) is 1. The first-order valence-electron chi connectivity index (χ1n) is 10.5. The van der Waals surface area contributed by atoms with Gasteiger partial charge < -0.3 is 24.6 Å². The molecule has 0 atom stereocenters. The van der Waals surface area contributed by atoms with Crippen molar-refractivity contribution in [3.63, 3.8) is 0 Å². The molecule has 0 spiro atoms. The van der Waals surface area contributed by atoms with Gasteiger partial charge in [0.2, 0.25) is 5.75 Å². The van der Waals surface area contributed by atoms with E-state index in [0.717, 1.165) is 18.7 Å². The lowest BCUT2D eigenvalue weighted by atomic mass is 10.0. The summed E-state index contributed by atoms with van der Waals surface area (Å²) in [4.78, 5) is 29.3. The second-order valence-corrected chi connectivity index (χ2v) is 9.46. The summed E-state index contributed by atoms with van der Waals surface area (Å²) in [5.41, 5.74) is 0.0725. The molecular weight excluding hydrogens is 455 g/mol. The first-order chi connectivity index (χ1) is 15.2. The van der Waals surface area contributed by atoms with Gasteiger partial charge in [-0.1, -0.05) is 23.2 Å². The van der Waals surface area contributed by atoms with Crippen LogP contribution in [0.25, 0.3) is 0 Å². The summed E-state index contributed by atoms with van der Waals surface area (Å²) in [6.45, 7) is 8.11. The van der Waals surface area contributed by atoms with E-state index in [9.17, 15) is 4.79 Å². The Hall–Kier alpha value is -2.52. The first-order valence-corrected chi connectivity index (χ1v) is 11.3. The molecule has 1 amide bonds. The molecule has 1 fully saturated rings. The van der Waals surface area contributed by atoms with Crippen LogP contribution < -0.4 is 15.0 Å². The number of carbonyl (C=O) groups excluding carboxylic acids is 1. The van der Waals surface area contributed by atoms with Crippen LogP contribution in [-0.2, 0) is 4.74 Å². The number of likely N-dealkylation sites (tertiary alicyclic amines) is 1. The highest BCUT2D eigenvalue weighted by molar-refractivity contribution is 6.34. The zero-order valence-electron chi connectivity index (χ0n) is 18.3. The Morgan fingerprint density at radius 3 is 2.62 bits per heavy atom. The highest BCUT2D eigenvalue weighted by Crippen LogP contribution is 2.39. The highest BCUT2D eigenvalue weighted by atomic mass is 35.5. The Morgan fingerprint density at radius 1 is 1.19 bits per heavy atom. The number of fused-ring (bicyclic) bond motifs is 1. The fourth-order valence-electron chi connectivity index (χ4n) is 3.82. The van der Waals surface area contributed by atoms with E-state index in [4.69, 9.17) is 32.7 Å². The molecule has 0 aromatic carbocycles. The van der Waals surface area contributed by atoms with E-state index >= 15 is 0 Å². The van der Waals surface area contributed by atoms with Gasteiger partial charge in [0, 0.05) is 19.1 Å². The van der Waals surface area contributed by atoms with E-state index in [2.05, 4.69) is 25.2 Å². The van der Waals surface area contributed by atoms with E-state index in [1.54, 1.807) is 17.0 Å². The number of pyridine rings is 1. The van der Waals surface area contributed by atoms with Crippen LogP contribution in [0.2, 0.25) is 10.3 Å². The average Bonchev–Trinajstić information content (AvgIpc) is 2.74. The molecule has 2 aromatic rings. The predicted octanol–water partition coefficient (Wildman–Crippen LogP) is 4.52. The van der Waals surface area contributed by atoms with Crippen LogP contribution in [0.1, 0.15) is 33.6 Å².